The number of rotatable bonds is 6. The maximum atomic E-state index is 12.7. The number of thiophene rings is 1. The molecule has 4 nitrogen and oxygen atoms in total. The minimum absolute atomic E-state index is 0.0604. The molecule has 1 aliphatic heterocycles. The summed E-state index contributed by atoms with van der Waals surface area (Å²) in [5, 5.41) is 5.97. The molecule has 0 radical (unpaired) electrons. The van der Waals surface area contributed by atoms with Gasteiger partial charge < -0.3 is 5.32 Å². The van der Waals surface area contributed by atoms with E-state index in [1.54, 1.807) is 6.20 Å². The predicted molar refractivity (Wildman–Crippen MR) is 110 cm³/mol. The molecule has 2 aromatic heterocycles. The van der Waals surface area contributed by atoms with Gasteiger partial charge in [-0.3, -0.25) is 9.69 Å². The molecule has 1 N–H and O–H groups in total. The summed E-state index contributed by atoms with van der Waals surface area (Å²) >= 11 is 3.37. The second-order valence-electron chi connectivity index (χ2n) is 6.42. The third-order valence-electron chi connectivity index (χ3n) is 4.57. The van der Waals surface area contributed by atoms with Crippen LogP contribution in [0.15, 0.2) is 70.0 Å². The summed E-state index contributed by atoms with van der Waals surface area (Å²) in [6, 6.07) is 15.9. The summed E-state index contributed by atoms with van der Waals surface area (Å²) in [6.07, 6.45) is 2.84. The molecule has 4 rings (SSSR count). The number of carbonyl (C=O) groups excluding carboxylic acids is 1. The normalized spacial score (nSPS) is 13.9. The molecule has 0 bridgehead atoms. The van der Waals surface area contributed by atoms with Gasteiger partial charge in [0.05, 0.1) is 5.56 Å². The van der Waals surface area contributed by atoms with Crippen LogP contribution < -0.4 is 5.32 Å². The minimum Gasteiger partial charge on any atom is -0.351 e. The number of carbonyl (C=O) groups is 1. The lowest BCUT2D eigenvalue weighted by atomic mass is 10.1. The molecule has 6 heteroatoms. The lowest BCUT2D eigenvalue weighted by Crippen LogP contribution is -2.37. The van der Waals surface area contributed by atoms with Crippen LogP contribution in [0.25, 0.3) is 0 Å². The SMILES string of the molecule is O=C(NCCN1CCc2sccc2C1)c1cccnc1Sc1ccccc1. The van der Waals surface area contributed by atoms with Gasteiger partial charge in [-0.15, -0.1) is 11.3 Å². The average molecular weight is 396 g/mol. The first kappa shape index (κ1) is 18.2. The van der Waals surface area contributed by atoms with Crippen molar-refractivity contribution in [2.45, 2.75) is 22.9 Å². The molecule has 0 saturated carbocycles. The molecule has 3 heterocycles. The van der Waals surface area contributed by atoms with E-state index in [-0.39, 0.29) is 5.91 Å². The van der Waals surface area contributed by atoms with Gasteiger partial charge in [0.25, 0.3) is 5.91 Å². The molecular weight excluding hydrogens is 374 g/mol. The number of benzene rings is 1. The predicted octanol–water partition coefficient (Wildman–Crippen LogP) is 4.08. The Kier molecular flexibility index (Phi) is 5.87. The first-order valence-electron chi connectivity index (χ1n) is 9.03. The van der Waals surface area contributed by atoms with Crippen molar-refractivity contribution < 1.29 is 4.79 Å². The van der Waals surface area contributed by atoms with Crippen LogP contribution in [0.2, 0.25) is 0 Å². The highest BCUT2D eigenvalue weighted by atomic mass is 32.2. The molecule has 0 aliphatic carbocycles. The van der Waals surface area contributed by atoms with Gasteiger partial charge in [-0.25, -0.2) is 4.98 Å². The molecular formula is C21H21N3OS2. The Morgan fingerprint density at radius 2 is 2.07 bits per heavy atom. The monoisotopic (exact) mass is 395 g/mol. The highest BCUT2D eigenvalue weighted by Crippen LogP contribution is 2.28. The first-order valence-corrected chi connectivity index (χ1v) is 10.7. The maximum Gasteiger partial charge on any atom is 0.254 e. The Morgan fingerprint density at radius 1 is 1.19 bits per heavy atom. The number of hydrogen-bond acceptors (Lipinski definition) is 5. The zero-order chi connectivity index (χ0) is 18.5. The number of nitrogens with zero attached hydrogens (tertiary/aromatic N) is 2. The van der Waals surface area contributed by atoms with E-state index in [1.807, 2.05) is 53.8 Å². The van der Waals surface area contributed by atoms with Crippen molar-refractivity contribution in [2.24, 2.45) is 0 Å². The van der Waals surface area contributed by atoms with Crippen LogP contribution in [0, 0.1) is 0 Å². The number of aromatic nitrogens is 1. The average Bonchev–Trinajstić information content (AvgIpc) is 3.17. The Bertz CT molecular complexity index is 911. The van der Waals surface area contributed by atoms with Crippen LogP contribution in [-0.4, -0.2) is 35.4 Å². The Morgan fingerprint density at radius 3 is 2.96 bits per heavy atom. The molecule has 0 saturated heterocycles. The molecule has 3 aromatic rings. The second kappa shape index (κ2) is 8.69. The number of fused-ring (bicyclic) bond motifs is 1. The molecule has 0 unspecified atom stereocenters. The van der Waals surface area contributed by atoms with E-state index >= 15 is 0 Å². The van der Waals surface area contributed by atoms with Crippen molar-refractivity contribution in [2.75, 3.05) is 19.6 Å². The second-order valence-corrected chi connectivity index (χ2v) is 8.49. The first-order chi connectivity index (χ1) is 13.3. The third kappa shape index (κ3) is 4.58. The van der Waals surface area contributed by atoms with Gasteiger partial charge in [0, 0.05) is 42.1 Å². The van der Waals surface area contributed by atoms with Gasteiger partial charge in [0.15, 0.2) is 0 Å². The molecule has 1 aromatic carbocycles. The Hall–Kier alpha value is -2.15. The highest BCUT2D eigenvalue weighted by Gasteiger charge is 2.18. The molecule has 1 aliphatic rings. The summed E-state index contributed by atoms with van der Waals surface area (Å²) in [4.78, 5) is 22.1. The summed E-state index contributed by atoms with van der Waals surface area (Å²) < 4.78 is 0. The van der Waals surface area contributed by atoms with Crippen LogP contribution in [0.5, 0.6) is 0 Å². The van der Waals surface area contributed by atoms with Crippen LogP contribution >= 0.6 is 23.1 Å². The van der Waals surface area contributed by atoms with E-state index in [0.717, 1.165) is 36.0 Å². The number of pyridine rings is 1. The quantitative estimate of drug-likeness (QED) is 0.683. The van der Waals surface area contributed by atoms with Crippen molar-refractivity contribution in [3.63, 3.8) is 0 Å². The van der Waals surface area contributed by atoms with Crippen molar-refractivity contribution in [1.82, 2.24) is 15.2 Å². The summed E-state index contributed by atoms with van der Waals surface area (Å²) in [5.41, 5.74) is 2.07. The third-order valence-corrected chi connectivity index (χ3v) is 6.62. The minimum atomic E-state index is -0.0604. The fraction of sp³-hybridized carbons (Fsp3) is 0.238. The van der Waals surface area contributed by atoms with Crippen LogP contribution in [0.3, 0.4) is 0 Å². The van der Waals surface area contributed by atoms with E-state index in [2.05, 4.69) is 26.6 Å². The fourth-order valence-electron chi connectivity index (χ4n) is 3.17. The van der Waals surface area contributed by atoms with Crippen molar-refractivity contribution in [3.8, 4) is 0 Å². The zero-order valence-corrected chi connectivity index (χ0v) is 16.6. The van der Waals surface area contributed by atoms with Crippen LogP contribution in [0.4, 0.5) is 0 Å². The molecule has 138 valence electrons. The van der Waals surface area contributed by atoms with E-state index in [1.165, 1.54) is 22.2 Å². The highest BCUT2D eigenvalue weighted by molar-refractivity contribution is 7.99. The molecule has 0 spiro atoms. The smallest absolute Gasteiger partial charge is 0.254 e. The van der Waals surface area contributed by atoms with Gasteiger partial charge in [-0.05, 0) is 47.7 Å². The maximum absolute atomic E-state index is 12.7. The van der Waals surface area contributed by atoms with Gasteiger partial charge in [0.2, 0.25) is 0 Å². The van der Waals surface area contributed by atoms with Crippen LogP contribution in [0.1, 0.15) is 20.8 Å². The summed E-state index contributed by atoms with van der Waals surface area (Å²) in [5.74, 6) is -0.0604. The van der Waals surface area contributed by atoms with E-state index in [0.29, 0.717) is 12.1 Å². The van der Waals surface area contributed by atoms with Gasteiger partial charge in [0.1, 0.15) is 5.03 Å². The number of amides is 1. The van der Waals surface area contributed by atoms with Gasteiger partial charge in [-0.2, -0.15) is 0 Å². The topological polar surface area (TPSA) is 45.2 Å². The van der Waals surface area contributed by atoms with Crippen molar-refractivity contribution >= 4 is 29.0 Å². The fourth-order valence-corrected chi connectivity index (χ4v) is 4.96. The molecule has 0 fully saturated rings. The van der Waals surface area contributed by atoms with Crippen molar-refractivity contribution in [1.29, 1.82) is 0 Å². The standard InChI is InChI=1S/C21H21N3OS2/c25-20(22-11-13-24-12-8-19-16(15-24)9-14-26-19)18-7-4-10-23-21(18)27-17-5-2-1-3-6-17/h1-7,9-10,14H,8,11-13,15H2,(H,22,25). The van der Waals surface area contributed by atoms with E-state index in [4.69, 9.17) is 0 Å². The lowest BCUT2D eigenvalue weighted by Gasteiger charge is -2.26. The number of nitrogens with one attached hydrogen (secondary N) is 1. The molecule has 27 heavy (non-hydrogen) atoms. The summed E-state index contributed by atoms with van der Waals surface area (Å²) in [6.45, 7) is 3.55. The largest absolute Gasteiger partial charge is 0.351 e. The lowest BCUT2D eigenvalue weighted by molar-refractivity contribution is 0.0943. The summed E-state index contributed by atoms with van der Waals surface area (Å²) in [7, 11) is 0. The van der Waals surface area contributed by atoms with Gasteiger partial charge in [-0.1, -0.05) is 30.0 Å². The zero-order valence-electron chi connectivity index (χ0n) is 14.9. The Labute approximate surface area is 167 Å². The molecule has 1 amide bonds. The number of hydrogen-bond donors (Lipinski definition) is 1. The van der Waals surface area contributed by atoms with Gasteiger partial charge >= 0.3 is 0 Å². The van der Waals surface area contributed by atoms with E-state index < -0.39 is 0 Å². The van der Waals surface area contributed by atoms with Crippen LogP contribution in [-0.2, 0) is 13.0 Å². The Balaban J connectivity index is 1.34. The molecule has 0 atom stereocenters. The van der Waals surface area contributed by atoms with E-state index in [9.17, 15) is 4.79 Å². The van der Waals surface area contributed by atoms with Crippen molar-refractivity contribution in [3.05, 3.63) is 76.1 Å².